The van der Waals surface area contributed by atoms with Crippen molar-refractivity contribution in [3.8, 4) is 11.4 Å². The zero-order valence-corrected chi connectivity index (χ0v) is 19.7. The Labute approximate surface area is 190 Å². The molecule has 0 saturated heterocycles. The fourth-order valence-electron chi connectivity index (χ4n) is 3.98. The van der Waals surface area contributed by atoms with E-state index in [-0.39, 0.29) is 11.3 Å². The van der Waals surface area contributed by atoms with Crippen LogP contribution < -0.4 is 5.32 Å². The summed E-state index contributed by atoms with van der Waals surface area (Å²) < 4.78 is 2.04. The van der Waals surface area contributed by atoms with E-state index in [4.69, 9.17) is 4.98 Å². The van der Waals surface area contributed by atoms with E-state index in [2.05, 4.69) is 56.4 Å². The van der Waals surface area contributed by atoms with Gasteiger partial charge in [-0.3, -0.25) is 4.79 Å². The van der Waals surface area contributed by atoms with Crippen molar-refractivity contribution < 1.29 is 4.79 Å². The van der Waals surface area contributed by atoms with Gasteiger partial charge >= 0.3 is 0 Å². The zero-order valence-electron chi connectivity index (χ0n) is 19.7. The summed E-state index contributed by atoms with van der Waals surface area (Å²) >= 11 is 0. The molecular weight excluding hydrogens is 394 g/mol. The zero-order chi connectivity index (χ0) is 23.0. The summed E-state index contributed by atoms with van der Waals surface area (Å²) in [6, 6.07) is 22.2. The molecule has 1 atom stereocenters. The van der Waals surface area contributed by atoms with Crippen LogP contribution in [-0.2, 0) is 10.2 Å². The van der Waals surface area contributed by atoms with E-state index >= 15 is 0 Å². The van der Waals surface area contributed by atoms with Crippen molar-refractivity contribution in [2.45, 2.75) is 53.0 Å². The number of fused-ring (bicyclic) bond motifs is 1. The lowest BCUT2D eigenvalue weighted by atomic mass is 9.86. The van der Waals surface area contributed by atoms with E-state index < -0.39 is 6.04 Å². The van der Waals surface area contributed by atoms with Crippen LogP contribution in [0.25, 0.3) is 22.4 Å². The first-order valence-corrected chi connectivity index (χ1v) is 11.1. The Balaban J connectivity index is 1.76. The Kier molecular flexibility index (Phi) is 5.64. The fraction of sp³-hybridized carbons (Fsp3) is 0.286. The average Bonchev–Trinajstić information content (AvgIpc) is 3.14. The Morgan fingerprint density at radius 2 is 1.66 bits per heavy atom. The monoisotopic (exact) mass is 425 g/mol. The van der Waals surface area contributed by atoms with Crippen molar-refractivity contribution in [1.82, 2.24) is 9.55 Å². The first-order chi connectivity index (χ1) is 15.1. The van der Waals surface area contributed by atoms with E-state index in [1.165, 1.54) is 5.56 Å². The van der Waals surface area contributed by atoms with Crippen LogP contribution in [0.3, 0.4) is 0 Å². The molecule has 164 valence electrons. The van der Waals surface area contributed by atoms with Crippen molar-refractivity contribution in [3.63, 3.8) is 0 Å². The molecule has 1 N–H and O–H groups in total. The van der Waals surface area contributed by atoms with Gasteiger partial charge in [-0.05, 0) is 61.1 Å². The van der Waals surface area contributed by atoms with Crippen LogP contribution in [0, 0.1) is 13.8 Å². The Morgan fingerprint density at radius 1 is 0.969 bits per heavy atom. The third kappa shape index (κ3) is 4.18. The molecule has 4 heteroatoms. The molecule has 0 aliphatic rings. The second-order valence-corrected chi connectivity index (χ2v) is 9.61. The number of hydrogen-bond acceptors (Lipinski definition) is 2. The molecule has 0 aliphatic heterocycles. The summed E-state index contributed by atoms with van der Waals surface area (Å²) in [6.07, 6.45) is 0. The average molecular weight is 426 g/mol. The number of aryl methyl sites for hydroxylation is 2. The van der Waals surface area contributed by atoms with Crippen molar-refractivity contribution >= 4 is 22.6 Å². The second-order valence-electron chi connectivity index (χ2n) is 9.61. The highest BCUT2D eigenvalue weighted by atomic mass is 16.2. The summed E-state index contributed by atoms with van der Waals surface area (Å²) in [5.74, 6) is 0.740. The van der Waals surface area contributed by atoms with Crippen LogP contribution in [0.1, 0.15) is 50.4 Å². The van der Waals surface area contributed by atoms with Gasteiger partial charge in [0.2, 0.25) is 5.91 Å². The summed E-state index contributed by atoms with van der Waals surface area (Å²) in [7, 11) is 0. The normalized spacial score (nSPS) is 12.7. The number of hydrogen-bond donors (Lipinski definition) is 1. The Bertz CT molecular complexity index is 1280. The molecule has 1 unspecified atom stereocenters. The second kappa shape index (κ2) is 8.27. The highest BCUT2D eigenvalue weighted by Gasteiger charge is 2.23. The molecule has 0 bridgehead atoms. The smallest absolute Gasteiger partial charge is 0.247 e. The minimum atomic E-state index is -0.431. The number of nitrogens with zero attached hydrogens (tertiary/aromatic N) is 2. The van der Waals surface area contributed by atoms with E-state index in [0.717, 1.165) is 39.2 Å². The van der Waals surface area contributed by atoms with Crippen molar-refractivity contribution in [2.24, 2.45) is 0 Å². The molecule has 0 radical (unpaired) electrons. The molecular formula is C28H31N3O. The van der Waals surface area contributed by atoms with Crippen LogP contribution in [0.5, 0.6) is 0 Å². The largest absolute Gasteiger partial charge is 0.324 e. The first-order valence-electron chi connectivity index (χ1n) is 11.1. The maximum absolute atomic E-state index is 13.3. The quantitative estimate of drug-likeness (QED) is 0.390. The maximum atomic E-state index is 13.3. The van der Waals surface area contributed by atoms with Crippen LogP contribution >= 0.6 is 0 Å². The number of benzene rings is 3. The van der Waals surface area contributed by atoms with Crippen LogP contribution in [-0.4, -0.2) is 15.5 Å². The van der Waals surface area contributed by atoms with Gasteiger partial charge in [-0.15, -0.1) is 0 Å². The van der Waals surface area contributed by atoms with Crippen LogP contribution in [0.4, 0.5) is 5.69 Å². The highest BCUT2D eigenvalue weighted by Crippen LogP contribution is 2.31. The molecule has 4 nitrogen and oxygen atoms in total. The summed E-state index contributed by atoms with van der Waals surface area (Å²) in [5, 5.41) is 3.12. The third-order valence-electron chi connectivity index (χ3n) is 6.02. The van der Waals surface area contributed by atoms with Crippen LogP contribution in [0.2, 0.25) is 0 Å². The number of carbonyl (C=O) groups excluding carboxylic acids is 1. The van der Waals surface area contributed by atoms with Gasteiger partial charge in [0.15, 0.2) is 0 Å². The van der Waals surface area contributed by atoms with Crippen molar-refractivity contribution in [3.05, 3.63) is 83.4 Å². The van der Waals surface area contributed by atoms with E-state index in [0.29, 0.717) is 0 Å². The minimum Gasteiger partial charge on any atom is -0.324 e. The molecule has 3 aromatic carbocycles. The molecule has 4 aromatic rings. The van der Waals surface area contributed by atoms with E-state index in [1.807, 2.05) is 61.7 Å². The topological polar surface area (TPSA) is 46.9 Å². The Morgan fingerprint density at radius 3 is 2.34 bits per heavy atom. The molecule has 0 spiro atoms. The molecule has 1 amide bonds. The minimum absolute atomic E-state index is 0.0607. The number of nitrogens with one attached hydrogen (secondary N) is 1. The van der Waals surface area contributed by atoms with E-state index in [9.17, 15) is 4.79 Å². The maximum Gasteiger partial charge on any atom is 0.247 e. The molecule has 0 saturated carbocycles. The van der Waals surface area contributed by atoms with Crippen molar-refractivity contribution in [1.29, 1.82) is 0 Å². The number of carbonyl (C=O) groups is 1. The molecule has 1 heterocycles. The van der Waals surface area contributed by atoms with Gasteiger partial charge < -0.3 is 9.88 Å². The lowest BCUT2D eigenvalue weighted by molar-refractivity contribution is -0.118. The lowest BCUT2D eigenvalue weighted by Gasteiger charge is -2.20. The standard InChI is InChI=1S/C28H31N3O/c1-18-11-12-19(2)24(17-18)30-27(32)20(3)31-25-10-8-7-9-23(25)29-26(31)21-13-15-22(16-14-21)28(4,5)6/h7-17,20H,1-6H3,(H,30,32). The predicted octanol–water partition coefficient (Wildman–Crippen LogP) is 6.82. The fourth-order valence-corrected chi connectivity index (χ4v) is 3.98. The van der Waals surface area contributed by atoms with Crippen LogP contribution in [0.15, 0.2) is 66.7 Å². The molecule has 32 heavy (non-hydrogen) atoms. The summed E-state index contributed by atoms with van der Waals surface area (Å²) in [5.41, 5.74) is 7.19. The highest BCUT2D eigenvalue weighted by molar-refractivity contribution is 5.96. The van der Waals surface area contributed by atoms with Crippen molar-refractivity contribution in [2.75, 3.05) is 5.32 Å². The number of aromatic nitrogens is 2. The van der Waals surface area contributed by atoms with E-state index in [1.54, 1.807) is 0 Å². The van der Waals surface area contributed by atoms with Gasteiger partial charge in [-0.2, -0.15) is 0 Å². The lowest BCUT2D eigenvalue weighted by Crippen LogP contribution is -2.24. The molecule has 0 aliphatic carbocycles. The molecule has 1 aromatic heterocycles. The summed E-state index contributed by atoms with van der Waals surface area (Å²) in [4.78, 5) is 18.2. The number of imidazole rings is 1. The number of para-hydroxylation sites is 2. The first kappa shape index (κ1) is 21.8. The number of rotatable bonds is 4. The summed E-state index contributed by atoms with van der Waals surface area (Å²) in [6.45, 7) is 12.6. The van der Waals surface area contributed by atoms with Gasteiger partial charge in [0.25, 0.3) is 0 Å². The van der Waals surface area contributed by atoms with Gasteiger partial charge in [0.05, 0.1) is 11.0 Å². The predicted molar refractivity (Wildman–Crippen MR) is 133 cm³/mol. The number of anilines is 1. The number of amides is 1. The molecule has 4 rings (SSSR count). The van der Waals surface area contributed by atoms with Gasteiger partial charge in [-0.25, -0.2) is 4.98 Å². The third-order valence-corrected chi connectivity index (χ3v) is 6.02. The molecule has 0 fully saturated rings. The van der Waals surface area contributed by atoms with Gasteiger partial charge in [-0.1, -0.05) is 69.3 Å². The van der Waals surface area contributed by atoms with Gasteiger partial charge in [0.1, 0.15) is 11.9 Å². The van der Waals surface area contributed by atoms with Gasteiger partial charge in [0, 0.05) is 11.3 Å². The SMILES string of the molecule is Cc1ccc(C)c(NC(=O)C(C)n2c(-c3ccc(C(C)(C)C)cc3)nc3ccccc32)c1. The Hall–Kier alpha value is -3.40.